The van der Waals surface area contributed by atoms with Crippen LogP contribution in [0.4, 0.5) is 11.4 Å². The summed E-state index contributed by atoms with van der Waals surface area (Å²) in [6, 6.07) is 4.12. The van der Waals surface area contributed by atoms with Gasteiger partial charge in [-0.3, -0.25) is 24.6 Å². The molecule has 1 atom stereocenters. The number of non-ortho nitro benzene ring substituents is 1. The molecule has 1 aromatic carbocycles. The van der Waals surface area contributed by atoms with Crippen LogP contribution in [-0.2, 0) is 9.59 Å². The average Bonchev–Trinajstić information content (AvgIpc) is 3.10. The second kappa shape index (κ2) is 6.70. The van der Waals surface area contributed by atoms with Gasteiger partial charge in [-0.2, -0.15) is 0 Å². The van der Waals surface area contributed by atoms with Crippen LogP contribution in [0.25, 0.3) is 0 Å². The summed E-state index contributed by atoms with van der Waals surface area (Å²) < 4.78 is 5.74. The summed E-state index contributed by atoms with van der Waals surface area (Å²) in [6.07, 6.45) is 1.21. The predicted octanol–water partition coefficient (Wildman–Crippen LogP) is 1.97. The van der Waals surface area contributed by atoms with Gasteiger partial charge in [-0.15, -0.1) is 0 Å². The maximum atomic E-state index is 12.8. The van der Waals surface area contributed by atoms with E-state index in [-0.39, 0.29) is 35.7 Å². The van der Waals surface area contributed by atoms with E-state index >= 15 is 0 Å². The van der Waals surface area contributed by atoms with E-state index in [0.29, 0.717) is 18.8 Å². The number of nitro groups is 1. The van der Waals surface area contributed by atoms with E-state index in [1.807, 2.05) is 13.8 Å². The molecular weight excluding hydrogens is 326 g/mol. The minimum Gasteiger partial charge on any atom is -0.478 e. The number of fused-ring (bicyclic) bond motifs is 1. The maximum absolute atomic E-state index is 12.8. The first kappa shape index (κ1) is 17.2. The highest BCUT2D eigenvalue weighted by atomic mass is 16.6. The Balaban J connectivity index is 1.95. The normalized spacial score (nSPS) is 19.8. The molecule has 2 heterocycles. The van der Waals surface area contributed by atoms with Crippen LogP contribution in [0, 0.1) is 16.0 Å². The molecule has 134 valence electrons. The highest BCUT2D eigenvalue weighted by molar-refractivity contribution is 6.04. The first-order chi connectivity index (χ1) is 11.9. The Morgan fingerprint density at radius 2 is 2.04 bits per heavy atom. The minimum atomic E-state index is -0.708. The molecule has 1 unspecified atom stereocenters. The van der Waals surface area contributed by atoms with E-state index in [1.165, 1.54) is 23.1 Å². The number of benzene rings is 1. The molecule has 0 aromatic heterocycles. The number of nitro benzene ring substituents is 1. The van der Waals surface area contributed by atoms with Crippen LogP contribution >= 0.6 is 0 Å². The van der Waals surface area contributed by atoms with Crippen molar-refractivity contribution in [1.82, 2.24) is 4.90 Å². The molecule has 3 rings (SSSR count). The zero-order valence-corrected chi connectivity index (χ0v) is 14.3. The highest BCUT2D eigenvalue weighted by Gasteiger charge is 2.38. The van der Waals surface area contributed by atoms with Crippen molar-refractivity contribution in [2.75, 3.05) is 24.5 Å². The zero-order valence-electron chi connectivity index (χ0n) is 14.3. The quantitative estimate of drug-likeness (QED) is 0.613. The molecule has 2 aliphatic rings. The second-order valence-corrected chi connectivity index (χ2v) is 6.70. The Morgan fingerprint density at radius 1 is 1.36 bits per heavy atom. The Kier molecular flexibility index (Phi) is 4.61. The number of anilines is 1. The van der Waals surface area contributed by atoms with Crippen molar-refractivity contribution in [3.05, 3.63) is 28.3 Å². The molecule has 0 saturated carbocycles. The molecule has 1 saturated heterocycles. The summed E-state index contributed by atoms with van der Waals surface area (Å²) >= 11 is 0. The number of likely N-dealkylation sites (tertiary alicyclic amines) is 1. The van der Waals surface area contributed by atoms with Crippen molar-refractivity contribution in [2.24, 2.45) is 5.92 Å². The van der Waals surface area contributed by atoms with E-state index in [4.69, 9.17) is 4.74 Å². The van der Waals surface area contributed by atoms with Crippen LogP contribution < -0.4 is 9.64 Å². The number of hydrogen-bond acceptors (Lipinski definition) is 5. The lowest BCUT2D eigenvalue weighted by atomic mass is 10.0. The molecule has 0 aliphatic carbocycles. The smallest absolute Gasteiger partial charge is 0.271 e. The number of hydrogen-bond donors (Lipinski definition) is 0. The number of amides is 2. The van der Waals surface area contributed by atoms with Gasteiger partial charge in [0.05, 0.1) is 10.6 Å². The van der Waals surface area contributed by atoms with Gasteiger partial charge in [0.25, 0.3) is 11.6 Å². The largest absolute Gasteiger partial charge is 0.478 e. The molecule has 1 fully saturated rings. The summed E-state index contributed by atoms with van der Waals surface area (Å²) in [5.74, 6) is -0.179. The minimum absolute atomic E-state index is 0.0831. The van der Waals surface area contributed by atoms with E-state index in [0.717, 1.165) is 12.8 Å². The standard InChI is InChI=1S/C17H21N3O5/c1-11(2)16-17(22)19(10-15(21)18-7-3-4-8-18)13-9-12(20(23)24)5-6-14(13)25-16/h5-6,9,11,16H,3-4,7-8,10H2,1-2H3. The van der Waals surface area contributed by atoms with Gasteiger partial charge in [0.15, 0.2) is 6.10 Å². The van der Waals surface area contributed by atoms with Crippen molar-refractivity contribution < 1.29 is 19.2 Å². The molecule has 0 radical (unpaired) electrons. The summed E-state index contributed by atoms with van der Waals surface area (Å²) in [4.78, 5) is 38.9. The summed E-state index contributed by atoms with van der Waals surface area (Å²) in [5.41, 5.74) is 0.139. The predicted molar refractivity (Wildman–Crippen MR) is 90.5 cm³/mol. The molecule has 25 heavy (non-hydrogen) atoms. The van der Waals surface area contributed by atoms with Gasteiger partial charge in [0.2, 0.25) is 5.91 Å². The monoisotopic (exact) mass is 347 g/mol. The van der Waals surface area contributed by atoms with Gasteiger partial charge in [-0.25, -0.2) is 0 Å². The fourth-order valence-corrected chi connectivity index (χ4v) is 3.18. The zero-order chi connectivity index (χ0) is 18.1. The topological polar surface area (TPSA) is 93.0 Å². The van der Waals surface area contributed by atoms with Crippen LogP contribution in [0.5, 0.6) is 5.75 Å². The lowest BCUT2D eigenvalue weighted by Crippen LogP contribution is -2.51. The SMILES string of the molecule is CC(C)C1Oc2ccc([N+](=O)[O-])cc2N(CC(=O)N2CCCC2)C1=O. The molecule has 2 aliphatic heterocycles. The van der Waals surface area contributed by atoms with Gasteiger partial charge >= 0.3 is 0 Å². The number of rotatable bonds is 4. The fourth-order valence-electron chi connectivity index (χ4n) is 3.18. The lowest BCUT2D eigenvalue weighted by Gasteiger charge is -2.36. The van der Waals surface area contributed by atoms with Crippen LogP contribution in [0.15, 0.2) is 18.2 Å². The van der Waals surface area contributed by atoms with E-state index in [2.05, 4.69) is 0 Å². The molecule has 0 bridgehead atoms. The summed E-state index contributed by atoms with van der Waals surface area (Å²) in [7, 11) is 0. The van der Waals surface area contributed by atoms with Crippen molar-refractivity contribution >= 4 is 23.2 Å². The van der Waals surface area contributed by atoms with Gasteiger partial charge in [-0.1, -0.05) is 13.8 Å². The molecule has 0 spiro atoms. The summed E-state index contributed by atoms with van der Waals surface area (Å²) in [6.45, 7) is 4.97. The average molecular weight is 347 g/mol. The third-order valence-corrected chi connectivity index (χ3v) is 4.57. The van der Waals surface area contributed by atoms with Gasteiger partial charge in [0.1, 0.15) is 12.3 Å². The second-order valence-electron chi connectivity index (χ2n) is 6.70. The number of ether oxygens (including phenoxy) is 1. The van der Waals surface area contributed by atoms with E-state index in [9.17, 15) is 19.7 Å². The lowest BCUT2D eigenvalue weighted by molar-refractivity contribution is -0.384. The van der Waals surface area contributed by atoms with Crippen molar-refractivity contribution in [2.45, 2.75) is 32.8 Å². The molecule has 8 heteroatoms. The maximum Gasteiger partial charge on any atom is 0.271 e. The Morgan fingerprint density at radius 3 is 2.64 bits per heavy atom. The highest BCUT2D eigenvalue weighted by Crippen LogP contribution is 2.38. The first-order valence-corrected chi connectivity index (χ1v) is 8.42. The fraction of sp³-hybridized carbons (Fsp3) is 0.529. The first-order valence-electron chi connectivity index (χ1n) is 8.42. The number of carbonyl (C=O) groups is 2. The van der Waals surface area contributed by atoms with Gasteiger partial charge in [0, 0.05) is 25.2 Å². The third kappa shape index (κ3) is 3.29. The molecule has 8 nitrogen and oxygen atoms in total. The third-order valence-electron chi connectivity index (χ3n) is 4.57. The number of nitrogens with zero attached hydrogens (tertiary/aromatic N) is 3. The van der Waals surface area contributed by atoms with Crippen LogP contribution in [0.1, 0.15) is 26.7 Å². The van der Waals surface area contributed by atoms with Crippen molar-refractivity contribution in [3.63, 3.8) is 0 Å². The Hall–Kier alpha value is -2.64. The van der Waals surface area contributed by atoms with E-state index in [1.54, 1.807) is 4.90 Å². The van der Waals surface area contributed by atoms with Crippen LogP contribution in [-0.4, -0.2) is 47.4 Å². The molecule has 1 aromatic rings. The molecule has 2 amide bonds. The molecule has 0 N–H and O–H groups in total. The van der Waals surface area contributed by atoms with Crippen LogP contribution in [0.3, 0.4) is 0 Å². The van der Waals surface area contributed by atoms with Crippen molar-refractivity contribution in [1.29, 1.82) is 0 Å². The molecular formula is C17H21N3O5. The van der Waals surface area contributed by atoms with E-state index < -0.39 is 11.0 Å². The Bertz CT molecular complexity index is 712. The summed E-state index contributed by atoms with van der Waals surface area (Å²) in [5, 5.41) is 11.1. The van der Waals surface area contributed by atoms with Gasteiger partial charge in [-0.05, 0) is 24.8 Å². The van der Waals surface area contributed by atoms with Crippen molar-refractivity contribution in [3.8, 4) is 5.75 Å². The van der Waals surface area contributed by atoms with Crippen LogP contribution in [0.2, 0.25) is 0 Å². The Labute approximate surface area is 145 Å². The van der Waals surface area contributed by atoms with Gasteiger partial charge < -0.3 is 9.64 Å². The number of carbonyl (C=O) groups excluding carboxylic acids is 2.